The van der Waals surface area contributed by atoms with E-state index in [1.165, 1.54) is 0 Å². The lowest BCUT2D eigenvalue weighted by Gasteiger charge is -2.17. The van der Waals surface area contributed by atoms with Crippen molar-refractivity contribution >= 4 is 23.9 Å². The van der Waals surface area contributed by atoms with Crippen LogP contribution in [0.25, 0.3) is 0 Å². The Kier molecular flexibility index (Phi) is 21.0. The van der Waals surface area contributed by atoms with Gasteiger partial charge in [-0.05, 0) is 52.4 Å². The van der Waals surface area contributed by atoms with Gasteiger partial charge < -0.3 is 18.9 Å². The van der Waals surface area contributed by atoms with Crippen LogP contribution in [0.4, 0.5) is 0 Å². The molecule has 0 aliphatic carbocycles. The number of rotatable bonds is 22. The molecular weight excluding hydrogens is 452 g/mol. The zero-order chi connectivity index (χ0) is 26.3. The van der Waals surface area contributed by atoms with E-state index in [9.17, 15) is 19.2 Å². The topological polar surface area (TPSA) is 105 Å². The zero-order valence-corrected chi connectivity index (χ0v) is 22.4. The first-order valence-corrected chi connectivity index (χ1v) is 13.5. The van der Waals surface area contributed by atoms with Crippen LogP contribution in [0.1, 0.15) is 111 Å². The number of hydrogen-bond acceptors (Lipinski definition) is 8. The Balaban J connectivity index is 4.62. The zero-order valence-electron chi connectivity index (χ0n) is 22.4. The summed E-state index contributed by atoms with van der Waals surface area (Å²) in [4.78, 5) is 48.5. The summed E-state index contributed by atoms with van der Waals surface area (Å²) in [5.41, 5.74) is 0. The van der Waals surface area contributed by atoms with E-state index in [1.54, 1.807) is 13.8 Å². The van der Waals surface area contributed by atoms with E-state index in [4.69, 9.17) is 18.9 Å². The number of carbonyl (C=O) groups is 4. The smallest absolute Gasteiger partial charge is 0.309 e. The number of unbranched alkanes of at least 4 members (excludes halogenated alkanes) is 4. The van der Waals surface area contributed by atoms with Gasteiger partial charge in [0.25, 0.3) is 0 Å². The second kappa shape index (κ2) is 22.4. The first-order valence-electron chi connectivity index (χ1n) is 13.5. The third kappa shape index (κ3) is 17.9. The van der Waals surface area contributed by atoms with Crippen molar-refractivity contribution in [1.82, 2.24) is 0 Å². The number of carbonyl (C=O) groups excluding carboxylic acids is 4. The average Bonchev–Trinajstić information content (AvgIpc) is 2.82. The van der Waals surface area contributed by atoms with E-state index < -0.39 is 5.92 Å². The molecule has 35 heavy (non-hydrogen) atoms. The third-order valence-corrected chi connectivity index (χ3v) is 5.71. The third-order valence-electron chi connectivity index (χ3n) is 5.71. The van der Waals surface area contributed by atoms with E-state index in [-0.39, 0.29) is 36.2 Å². The SMILES string of the molecule is CCCCOC(=O)CC(CCCCCC(CCCC(=O)OCC)C(=O)OCC)C(=O)OCCCC. The van der Waals surface area contributed by atoms with Crippen LogP contribution in [0.3, 0.4) is 0 Å². The van der Waals surface area contributed by atoms with Gasteiger partial charge in [0.15, 0.2) is 0 Å². The minimum Gasteiger partial charge on any atom is -0.466 e. The molecule has 0 saturated heterocycles. The van der Waals surface area contributed by atoms with Crippen LogP contribution in [0, 0.1) is 11.8 Å². The van der Waals surface area contributed by atoms with Gasteiger partial charge >= 0.3 is 23.9 Å². The Hall–Kier alpha value is -2.12. The molecule has 0 fully saturated rings. The Morgan fingerprint density at radius 3 is 1.69 bits per heavy atom. The molecule has 0 aromatic carbocycles. The molecule has 0 aliphatic heterocycles. The molecular formula is C27H48O8. The summed E-state index contributed by atoms with van der Waals surface area (Å²) in [5.74, 6) is -1.95. The van der Waals surface area contributed by atoms with Gasteiger partial charge in [0.2, 0.25) is 0 Å². The molecule has 0 spiro atoms. The highest BCUT2D eigenvalue weighted by Gasteiger charge is 2.24. The second-order valence-corrected chi connectivity index (χ2v) is 8.78. The lowest BCUT2D eigenvalue weighted by molar-refractivity contribution is -0.155. The molecule has 0 bridgehead atoms. The monoisotopic (exact) mass is 500 g/mol. The van der Waals surface area contributed by atoms with Gasteiger partial charge in [-0.3, -0.25) is 19.2 Å². The summed E-state index contributed by atoms with van der Waals surface area (Å²) < 4.78 is 20.7. The van der Waals surface area contributed by atoms with Crippen LogP contribution >= 0.6 is 0 Å². The van der Waals surface area contributed by atoms with Gasteiger partial charge in [0, 0.05) is 6.42 Å². The Morgan fingerprint density at radius 2 is 1.09 bits per heavy atom. The van der Waals surface area contributed by atoms with E-state index >= 15 is 0 Å². The molecule has 0 heterocycles. The van der Waals surface area contributed by atoms with Gasteiger partial charge in [-0.25, -0.2) is 0 Å². The van der Waals surface area contributed by atoms with Gasteiger partial charge in [-0.1, -0.05) is 46.0 Å². The van der Waals surface area contributed by atoms with Crippen molar-refractivity contribution in [3.05, 3.63) is 0 Å². The quantitative estimate of drug-likeness (QED) is 0.108. The summed E-state index contributed by atoms with van der Waals surface area (Å²) >= 11 is 0. The number of esters is 4. The van der Waals surface area contributed by atoms with Gasteiger partial charge in [-0.2, -0.15) is 0 Å². The van der Waals surface area contributed by atoms with Crippen molar-refractivity contribution in [3.8, 4) is 0 Å². The highest BCUT2D eigenvalue weighted by molar-refractivity contribution is 5.80. The molecule has 2 unspecified atom stereocenters. The molecule has 204 valence electrons. The fourth-order valence-electron chi connectivity index (χ4n) is 3.65. The van der Waals surface area contributed by atoms with Crippen LogP contribution in [-0.2, 0) is 38.1 Å². The predicted octanol–water partition coefficient (Wildman–Crippen LogP) is 5.54. The summed E-state index contributed by atoms with van der Waals surface area (Å²) in [5, 5.41) is 0. The molecule has 0 aliphatic rings. The molecule has 0 radical (unpaired) electrons. The minimum atomic E-state index is -0.508. The number of hydrogen-bond donors (Lipinski definition) is 0. The molecule has 0 rings (SSSR count). The summed E-state index contributed by atoms with van der Waals surface area (Å²) in [7, 11) is 0. The molecule has 8 heteroatoms. The molecule has 0 N–H and O–H groups in total. The molecule has 0 aromatic rings. The Morgan fingerprint density at radius 1 is 0.543 bits per heavy atom. The maximum absolute atomic E-state index is 12.5. The maximum atomic E-state index is 12.5. The molecule has 2 atom stereocenters. The van der Waals surface area contributed by atoms with Crippen molar-refractivity contribution in [2.24, 2.45) is 11.8 Å². The van der Waals surface area contributed by atoms with Gasteiger partial charge in [0.05, 0.1) is 44.7 Å². The number of ether oxygens (including phenoxy) is 4. The van der Waals surface area contributed by atoms with Crippen LogP contribution in [0.5, 0.6) is 0 Å². The summed E-state index contributed by atoms with van der Waals surface area (Å²) in [6.07, 6.45) is 8.50. The highest BCUT2D eigenvalue weighted by Crippen LogP contribution is 2.22. The van der Waals surface area contributed by atoms with Crippen LogP contribution < -0.4 is 0 Å². The van der Waals surface area contributed by atoms with Crippen molar-refractivity contribution in [1.29, 1.82) is 0 Å². The normalized spacial score (nSPS) is 12.5. The van der Waals surface area contributed by atoms with Crippen LogP contribution in [-0.4, -0.2) is 50.3 Å². The van der Waals surface area contributed by atoms with E-state index in [0.29, 0.717) is 58.5 Å². The predicted molar refractivity (Wildman–Crippen MR) is 134 cm³/mol. The van der Waals surface area contributed by atoms with Crippen molar-refractivity contribution in [2.75, 3.05) is 26.4 Å². The summed E-state index contributed by atoms with van der Waals surface area (Å²) in [6, 6.07) is 0. The Bertz CT molecular complexity index is 590. The standard InChI is InChI=1S/C27H48O8/c1-5-9-19-34-25(29)21-23(27(31)35-20-10-6-2)16-13-11-12-15-22(26(30)33-8-4)17-14-18-24(28)32-7-3/h22-23H,5-21H2,1-4H3. The van der Waals surface area contributed by atoms with E-state index in [0.717, 1.165) is 44.9 Å². The molecule has 0 aromatic heterocycles. The summed E-state index contributed by atoms with van der Waals surface area (Å²) in [6.45, 7) is 9.01. The largest absolute Gasteiger partial charge is 0.466 e. The maximum Gasteiger partial charge on any atom is 0.309 e. The lowest BCUT2D eigenvalue weighted by atomic mass is 9.93. The molecule has 0 amide bonds. The highest BCUT2D eigenvalue weighted by atomic mass is 16.5. The van der Waals surface area contributed by atoms with Crippen LogP contribution in [0.2, 0.25) is 0 Å². The first-order chi connectivity index (χ1) is 16.9. The van der Waals surface area contributed by atoms with E-state index in [1.807, 2.05) is 13.8 Å². The fourth-order valence-corrected chi connectivity index (χ4v) is 3.65. The first kappa shape index (κ1) is 32.9. The molecule has 0 saturated carbocycles. The van der Waals surface area contributed by atoms with Gasteiger partial charge in [0.1, 0.15) is 0 Å². The minimum absolute atomic E-state index is 0.0357. The van der Waals surface area contributed by atoms with Crippen molar-refractivity contribution in [2.45, 2.75) is 111 Å². The average molecular weight is 501 g/mol. The second-order valence-electron chi connectivity index (χ2n) is 8.78. The van der Waals surface area contributed by atoms with Crippen molar-refractivity contribution in [3.63, 3.8) is 0 Å². The fraction of sp³-hybridized carbons (Fsp3) is 0.852. The van der Waals surface area contributed by atoms with E-state index in [2.05, 4.69) is 0 Å². The van der Waals surface area contributed by atoms with Crippen LogP contribution in [0.15, 0.2) is 0 Å². The van der Waals surface area contributed by atoms with Gasteiger partial charge in [-0.15, -0.1) is 0 Å². The van der Waals surface area contributed by atoms with Crippen molar-refractivity contribution < 1.29 is 38.1 Å². The molecule has 8 nitrogen and oxygen atoms in total. The Labute approximate surface area is 211 Å². The lowest BCUT2D eigenvalue weighted by Crippen LogP contribution is -2.23.